The van der Waals surface area contributed by atoms with Crippen molar-refractivity contribution in [3.63, 3.8) is 0 Å². The fourth-order valence-corrected chi connectivity index (χ4v) is 2.95. The second-order valence-electron chi connectivity index (χ2n) is 5.09. The topological polar surface area (TPSA) is 77.5 Å². The van der Waals surface area contributed by atoms with E-state index in [1.54, 1.807) is 41.9 Å². The van der Waals surface area contributed by atoms with E-state index in [-0.39, 0.29) is 6.61 Å². The highest BCUT2D eigenvalue weighted by Gasteiger charge is 2.13. The molecule has 0 atom stereocenters. The molecule has 1 heterocycles. The number of nitrogens with zero attached hydrogens (tertiary/aromatic N) is 1. The molecule has 0 aliphatic heterocycles. The molecule has 3 aromatic rings. The highest BCUT2D eigenvalue weighted by atomic mass is 32.1. The van der Waals surface area contributed by atoms with Gasteiger partial charge in [-0.05, 0) is 37.3 Å². The zero-order chi connectivity index (χ0) is 17.6. The average molecular weight is 356 g/mol. The Labute approximate surface area is 148 Å². The van der Waals surface area contributed by atoms with E-state index < -0.39 is 11.9 Å². The SMILES string of the molecule is CCOc1ccccc1NC(=O)COC(=O)c1ccc2ncsc2c1. The van der Waals surface area contributed by atoms with E-state index in [0.29, 0.717) is 23.6 Å². The van der Waals surface area contributed by atoms with Gasteiger partial charge in [0.25, 0.3) is 5.91 Å². The van der Waals surface area contributed by atoms with Gasteiger partial charge in [-0.3, -0.25) is 4.79 Å². The van der Waals surface area contributed by atoms with Crippen molar-refractivity contribution < 1.29 is 19.1 Å². The van der Waals surface area contributed by atoms with E-state index in [2.05, 4.69) is 10.3 Å². The Bertz CT molecular complexity index is 907. The third-order valence-electron chi connectivity index (χ3n) is 3.36. The minimum atomic E-state index is -0.552. The molecule has 1 amide bonds. The maximum absolute atomic E-state index is 12.1. The van der Waals surface area contributed by atoms with E-state index in [1.807, 2.05) is 13.0 Å². The van der Waals surface area contributed by atoms with Crippen LogP contribution in [0.2, 0.25) is 0 Å². The van der Waals surface area contributed by atoms with Gasteiger partial charge in [0.05, 0.1) is 33.6 Å². The van der Waals surface area contributed by atoms with Crippen molar-refractivity contribution in [1.82, 2.24) is 4.98 Å². The number of aromatic nitrogens is 1. The van der Waals surface area contributed by atoms with Crippen molar-refractivity contribution in [2.45, 2.75) is 6.92 Å². The number of carbonyl (C=O) groups excluding carboxylic acids is 2. The number of thiazole rings is 1. The smallest absolute Gasteiger partial charge is 0.338 e. The number of benzene rings is 2. The van der Waals surface area contributed by atoms with Gasteiger partial charge >= 0.3 is 5.97 Å². The molecule has 0 unspecified atom stereocenters. The van der Waals surface area contributed by atoms with Gasteiger partial charge in [-0.2, -0.15) is 0 Å². The number of para-hydroxylation sites is 2. The number of rotatable bonds is 6. The van der Waals surface area contributed by atoms with Crippen LogP contribution in [0.5, 0.6) is 5.75 Å². The number of fused-ring (bicyclic) bond motifs is 1. The van der Waals surface area contributed by atoms with Crippen LogP contribution in [0.4, 0.5) is 5.69 Å². The first-order valence-corrected chi connectivity index (χ1v) is 8.57. The number of nitrogens with one attached hydrogen (secondary N) is 1. The molecule has 3 rings (SSSR count). The molecule has 25 heavy (non-hydrogen) atoms. The molecule has 2 aromatic carbocycles. The standard InChI is InChI=1S/C18H16N2O4S/c1-2-23-15-6-4-3-5-13(15)20-17(21)10-24-18(22)12-7-8-14-16(9-12)25-11-19-14/h3-9,11H,2,10H2,1H3,(H,20,21). The molecule has 1 N–H and O–H groups in total. The van der Waals surface area contributed by atoms with Gasteiger partial charge < -0.3 is 14.8 Å². The van der Waals surface area contributed by atoms with Crippen molar-refractivity contribution in [2.75, 3.05) is 18.5 Å². The number of amides is 1. The summed E-state index contributed by atoms with van der Waals surface area (Å²) in [5, 5.41) is 2.68. The Morgan fingerprint density at radius 3 is 2.88 bits per heavy atom. The Morgan fingerprint density at radius 1 is 1.20 bits per heavy atom. The summed E-state index contributed by atoms with van der Waals surface area (Å²) < 4.78 is 11.4. The van der Waals surface area contributed by atoms with Crippen molar-refractivity contribution in [3.05, 3.63) is 53.5 Å². The molecular weight excluding hydrogens is 340 g/mol. The summed E-state index contributed by atoms with van der Waals surface area (Å²) in [7, 11) is 0. The predicted molar refractivity (Wildman–Crippen MR) is 96.1 cm³/mol. The van der Waals surface area contributed by atoms with E-state index in [4.69, 9.17) is 9.47 Å². The summed E-state index contributed by atoms with van der Waals surface area (Å²) in [6, 6.07) is 12.2. The Morgan fingerprint density at radius 2 is 2.04 bits per heavy atom. The van der Waals surface area contributed by atoms with Gasteiger partial charge in [0.1, 0.15) is 5.75 Å². The molecular formula is C18H16N2O4S. The van der Waals surface area contributed by atoms with E-state index in [9.17, 15) is 9.59 Å². The van der Waals surface area contributed by atoms with Gasteiger partial charge in [-0.25, -0.2) is 9.78 Å². The first-order valence-electron chi connectivity index (χ1n) is 7.69. The first-order chi connectivity index (χ1) is 12.2. The molecule has 0 bridgehead atoms. The third-order valence-corrected chi connectivity index (χ3v) is 4.15. The summed E-state index contributed by atoms with van der Waals surface area (Å²) in [6.07, 6.45) is 0. The van der Waals surface area contributed by atoms with E-state index >= 15 is 0 Å². The average Bonchev–Trinajstić information content (AvgIpc) is 3.09. The molecule has 0 radical (unpaired) electrons. The Kier molecular flexibility index (Phi) is 5.25. The Hall–Kier alpha value is -2.93. The van der Waals surface area contributed by atoms with Gasteiger partial charge in [0, 0.05) is 0 Å². The number of hydrogen-bond acceptors (Lipinski definition) is 6. The van der Waals surface area contributed by atoms with Crippen LogP contribution in [0.3, 0.4) is 0 Å². The van der Waals surface area contributed by atoms with Crippen LogP contribution in [0.25, 0.3) is 10.2 Å². The normalized spacial score (nSPS) is 10.4. The van der Waals surface area contributed by atoms with Crippen LogP contribution < -0.4 is 10.1 Å². The van der Waals surface area contributed by atoms with Crippen molar-refractivity contribution in [2.24, 2.45) is 0 Å². The van der Waals surface area contributed by atoms with Crippen LogP contribution in [0.1, 0.15) is 17.3 Å². The fraction of sp³-hybridized carbons (Fsp3) is 0.167. The molecule has 0 fully saturated rings. The van der Waals surface area contributed by atoms with Crippen LogP contribution in [-0.4, -0.2) is 30.1 Å². The predicted octanol–water partition coefficient (Wildman–Crippen LogP) is 3.49. The molecule has 0 saturated heterocycles. The van der Waals surface area contributed by atoms with Crippen LogP contribution in [0.15, 0.2) is 48.0 Å². The number of esters is 1. The highest BCUT2D eigenvalue weighted by molar-refractivity contribution is 7.16. The zero-order valence-corrected chi connectivity index (χ0v) is 14.3. The van der Waals surface area contributed by atoms with Crippen LogP contribution in [0, 0.1) is 0 Å². The molecule has 0 saturated carbocycles. The number of hydrogen-bond donors (Lipinski definition) is 1. The van der Waals surface area contributed by atoms with E-state index in [0.717, 1.165) is 10.2 Å². The first kappa shape index (κ1) is 16.9. The summed E-state index contributed by atoms with van der Waals surface area (Å²) in [5.41, 5.74) is 3.46. The van der Waals surface area contributed by atoms with Gasteiger partial charge in [-0.1, -0.05) is 12.1 Å². The van der Waals surface area contributed by atoms with Gasteiger partial charge in [-0.15, -0.1) is 11.3 Å². The molecule has 0 aliphatic rings. The molecule has 7 heteroatoms. The zero-order valence-electron chi connectivity index (χ0n) is 13.5. The number of ether oxygens (including phenoxy) is 2. The summed E-state index contributed by atoms with van der Waals surface area (Å²) in [4.78, 5) is 28.3. The van der Waals surface area contributed by atoms with Gasteiger partial charge in [0.15, 0.2) is 6.61 Å². The quantitative estimate of drug-likeness (QED) is 0.684. The summed E-state index contributed by atoms with van der Waals surface area (Å²) in [6.45, 7) is 1.97. The third kappa shape index (κ3) is 4.13. The minimum Gasteiger partial charge on any atom is -0.492 e. The monoisotopic (exact) mass is 356 g/mol. The molecule has 0 aliphatic carbocycles. The molecule has 128 valence electrons. The van der Waals surface area contributed by atoms with E-state index in [1.165, 1.54) is 11.3 Å². The fourth-order valence-electron chi connectivity index (χ4n) is 2.23. The lowest BCUT2D eigenvalue weighted by molar-refractivity contribution is -0.119. The second-order valence-corrected chi connectivity index (χ2v) is 5.97. The maximum atomic E-state index is 12.1. The van der Waals surface area contributed by atoms with Crippen molar-refractivity contribution in [1.29, 1.82) is 0 Å². The molecule has 0 spiro atoms. The van der Waals surface area contributed by atoms with Crippen LogP contribution >= 0.6 is 11.3 Å². The number of carbonyl (C=O) groups is 2. The summed E-state index contributed by atoms with van der Waals surface area (Å²) in [5.74, 6) is -0.414. The van der Waals surface area contributed by atoms with Crippen molar-refractivity contribution in [3.8, 4) is 5.75 Å². The second kappa shape index (κ2) is 7.76. The largest absolute Gasteiger partial charge is 0.492 e. The highest BCUT2D eigenvalue weighted by Crippen LogP contribution is 2.23. The van der Waals surface area contributed by atoms with Gasteiger partial charge in [0.2, 0.25) is 0 Å². The maximum Gasteiger partial charge on any atom is 0.338 e. The molecule has 1 aromatic heterocycles. The Balaban J connectivity index is 1.59. The lowest BCUT2D eigenvalue weighted by Gasteiger charge is -2.11. The lowest BCUT2D eigenvalue weighted by Crippen LogP contribution is -2.21. The minimum absolute atomic E-state index is 0.375. The summed E-state index contributed by atoms with van der Waals surface area (Å²) >= 11 is 1.44. The number of anilines is 1. The van der Waals surface area contributed by atoms with Crippen LogP contribution in [-0.2, 0) is 9.53 Å². The lowest BCUT2D eigenvalue weighted by atomic mass is 10.2. The molecule has 6 nitrogen and oxygen atoms in total. The van der Waals surface area contributed by atoms with Crippen molar-refractivity contribution >= 4 is 39.1 Å².